The van der Waals surface area contributed by atoms with Gasteiger partial charge in [0.15, 0.2) is 0 Å². The normalized spacial score (nSPS) is 10.3. The smallest absolute Gasteiger partial charge is 0.119 e. The van der Waals surface area contributed by atoms with Crippen LogP contribution in [0.1, 0.15) is 5.56 Å². The van der Waals surface area contributed by atoms with Crippen molar-refractivity contribution in [3.63, 3.8) is 0 Å². The topological polar surface area (TPSA) is 30.5 Å². The van der Waals surface area contributed by atoms with Crippen LogP contribution in [0.4, 0.5) is 5.69 Å². The summed E-state index contributed by atoms with van der Waals surface area (Å²) >= 11 is 3.40. The maximum Gasteiger partial charge on any atom is 0.119 e. The van der Waals surface area contributed by atoms with Crippen molar-refractivity contribution in [3.8, 4) is 5.75 Å². The maximum absolute atomic E-state index is 5.67. The Morgan fingerprint density at radius 3 is 2.55 bits per heavy atom. The van der Waals surface area contributed by atoms with E-state index in [0.717, 1.165) is 28.0 Å². The minimum atomic E-state index is 0.608. The average molecular weight is 336 g/mol. The maximum atomic E-state index is 5.67. The van der Waals surface area contributed by atoms with E-state index in [1.165, 1.54) is 0 Å². The van der Waals surface area contributed by atoms with Gasteiger partial charge in [0, 0.05) is 29.4 Å². The minimum absolute atomic E-state index is 0.608. The van der Waals surface area contributed by atoms with E-state index in [0.29, 0.717) is 13.2 Å². The van der Waals surface area contributed by atoms with Gasteiger partial charge >= 0.3 is 0 Å². The van der Waals surface area contributed by atoms with Crippen LogP contribution < -0.4 is 10.1 Å². The Labute approximate surface area is 128 Å². The first-order valence-corrected chi connectivity index (χ1v) is 7.28. The van der Waals surface area contributed by atoms with Crippen molar-refractivity contribution in [1.82, 2.24) is 0 Å². The Morgan fingerprint density at radius 1 is 1.05 bits per heavy atom. The number of benzene rings is 2. The highest BCUT2D eigenvalue weighted by Crippen LogP contribution is 2.17. The summed E-state index contributed by atoms with van der Waals surface area (Å²) in [5, 5.41) is 3.37. The van der Waals surface area contributed by atoms with Crippen LogP contribution in [0.2, 0.25) is 0 Å². The monoisotopic (exact) mass is 335 g/mol. The van der Waals surface area contributed by atoms with Crippen LogP contribution in [-0.2, 0) is 11.3 Å². The molecule has 0 fully saturated rings. The molecule has 2 rings (SSSR count). The molecule has 0 saturated carbocycles. The largest absolute Gasteiger partial charge is 0.492 e. The van der Waals surface area contributed by atoms with Crippen molar-refractivity contribution in [2.45, 2.75) is 6.61 Å². The zero-order chi connectivity index (χ0) is 14.2. The van der Waals surface area contributed by atoms with Gasteiger partial charge in [-0.3, -0.25) is 0 Å². The van der Waals surface area contributed by atoms with Gasteiger partial charge in [-0.1, -0.05) is 34.1 Å². The van der Waals surface area contributed by atoms with E-state index in [1.807, 2.05) is 42.5 Å². The van der Waals surface area contributed by atoms with Gasteiger partial charge in [-0.05, 0) is 30.3 Å². The minimum Gasteiger partial charge on any atom is -0.492 e. The van der Waals surface area contributed by atoms with E-state index < -0.39 is 0 Å². The molecule has 2 aromatic carbocycles. The summed E-state index contributed by atoms with van der Waals surface area (Å²) in [6.07, 6.45) is 0. The SMILES string of the molecule is COCc1ccccc1NCCOc1ccc(Br)cc1. The quantitative estimate of drug-likeness (QED) is 0.773. The van der Waals surface area contributed by atoms with Gasteiger partial charge in [-0.15, -0.1) is 0 Å². The molecule has 0 aliphatic heterocycles. The second-order valence-electron chi connectivity index (χ2n) is 4.32. The molecule has 20 heavy (non-hydrogen) atoms. The highest BCUT2D eigenvalue weighted by molar-refractivity contribution is 9.10. The lowest BCUT2D eigenvalue weighted by molar-refractivity contribution is 0.185. The number of nitrogens with one attached hydrogen (secondary N) is 1. The Hall–Kier alpha value is -1.52. The van der Waals surface area contributed by atoms with E-state index >= 15 is 0 Å². The lowest BCUT2D eigenvalue weighted by Gasteiger charge is -2.12. The first kappa shape index (κ1) is 14.9. The fourth-order valence-electron chi connectivity index (χ4n) is 1.86. The van der Waals surface area contributed by atoms with Crippen molar-refractivity contribution in [2.75, 3.05) is 25.6 Å². The summed E-state index contributed by atoms with van der Waals surface area (Å²) < 4.78 is 11.9. The summed E-state index contributed by atoms with van der Waals surface area (Å²) in [5.74, 6) is 0.875. The lowest BCUT2D eigenvalue weighted by Crippen LogP contribution is -2.12. The zero-order valence-corrected chi connectivity index (χ0v) is 13.0. The second-order valence-corrected chi connectivity index (χ2v) is 5.23. The highest BCUT2D eigenvalue weighted by Gasteiger charge is 2.00. The third-order valence-electron chi connectivity index (χ3n) is 2.82. The molecule has 0 spiro atoms. The molecular formula is C16H18BrNO2. The Bertz CT molecular complexity index is 528. The van der Waals surface area contributed by atoms with Crippen LogP contribution >= 0.6 is 15.9 Å². The summed E-state index contributed by atoms with van der Waals surface area (Å²) in [7, 11) is 1.70. The van der Waals surface area contributed by atoms with Gasteiger partial charge in [0.2, 0.25) is 0 Å². The van der Waals surface area contributed by atoms with Gasteiger partial charge in [0.25, 0.3) is 0 Å². The van der Waals surface area contributed by atoms with Crippen LogP contribution in [0, 0.1) is 0 Å². The third kappa shape index (κ3) is 4.54. The van der Waals surface area contributed by atoms with Gasteiger partial charge in [0.1, 0.15) is 12.4 Å². The molecule has 3 nitrogen and oxygen atoms in total. The Morgan fingerprint density at radius 2 is 1.80 bits per heavy atom. The zero-order valence-electron chi connectivity index (χ0n) is 11.4. The summed E-state index contributed by atoms with van der Waals surface area (Å²) in [4.78, 5) is 0. The molecular weight excluding hydrogens is 318 g/mol. The number of halogens is 1. The summed E-state index contributed by atoms with van der Waals surface area (Å²) in [5.41, 5.74) is 2.24. The summed E-state index contributed by atoms with van der Waals surface area (Å²) in [6, 6.07) is 16.0. The number of ether oxygens (including phenoxy) is 2. The molecule has 0 heterocycles. The number of hydrogen-bond donors (Lipinski definition) is 1. The van der Waals surface area contributed by atoms with Gasteiger partial charge in [-0.2, -0.15) is 0 Å². The fraction of sp³-hybridized carbons (Fsp3) is 0.250. The van der Waals surface area contributed by atoms with Gasteiger partial charge in [0.05, 0.1) is 6.61 Å². The highest BCUT2D eigenvalue weighted by atomic mass is 79.9. The Balaban J connectivity index is 1.79. The molecule has 0 atom stereocenters. The van der Waals surface area contributed by atoms with Crippen LogP contribution in [0.5, 0.6) is 5.75 Å². The molecule has 2 aromatic rings. The Kier molecular flexibility index (Phi) is 5.89. The number of rotatable bonds is 7. The van der Waals surface area contributed by atoms with Crippen LogP contribution in [0.15, 0.2) is 53.0 Å². The van der Waals surface area contributed by atoms with Crippen molar-refractivity contribution in [2.24, 2.45) is 0 Å². The van der Waals surface area contributed by atoms with Crippen molar-refractivity contribution in [3.05, 3.63) is 58.6 Å². The van der Waals surface area contributed by atoms with Crippen molar-refractivity contribution < 1.29 is 9.47 Å². The molecule has 0 aromatic heterocycles. The van der Waals surface area contributed by atoms with E-state index in [4.69, 9.17) is 9.47 Å². The van der Waals surface area contributed by atoms with Crippen LogP contribution in [0.25, 0.3) is 0 Å². The third-order valence-corrected chi connectivity index (χ3v) is 3.35. The van der Waals surface area contributed by atoms with E-state index in [2.05, 4.69) is 27.3 Å². The molecule has 0 aliphatic rings. The number of hydrogen-bond acceptors (Lipinski definition) is 3. The molecule has 0 bridgehead atoms. The molecule has 0 aliphatic carbocycles. The summed E-state index contributed by atoms with van der Waals surface area (Å²) in [6.45, 7) is 1.97. The van der Waals surface area contributed by atoms with Crippen LogP contribution in [-0.4, -0.2) is 20.3 Å². The second kappa shape index (κ2) is 7.92. The van der Waals surface area contributed by atoms with E-state index in [9.17, 15) is 0 Å². The van der Waals surface area contributed by atoms with Crippen molar-refractivity contribution >= 4 is 21.6 Å². The van der Waals surface area contributed by atoms with Crippen LogP contribution in [0.3, 0.4) is 0 Å². The molecule has 1 N–H and O–H groups in total. The van der Waals surface area contributed by atoms with E-state index in [1.54, 1.807) is 7.11 Å². The van der Waals surface area contributed by atoms with Gasteiger partial charge in [-0.25, -0.2) is 0 Å². The number of anilines is 1. The molecule has 0 saturated heterocycles. The lowest BCUT2D eigenvalue weighted by atomic mass is 10.2. The predicted molar refractivity (Wildman–Crippen MR) is 85.3 cm³/mol. The van der Waals surface area contributed by atoms with E-state index in [-0.39, 0.29) is 0 Å². The molecule has 106 valence electrons. The molecule has 0 unspecified atom stereocenters. The average Bonchev–Trinajstić information content (AvgIpc) is 2.47. The molecule has 4 heteroatoms. The standard InChI is InChI=1S/C16H18BrNO2/c1-19-12-13-4-2-3-5-16(13)18-10-11-20-15-8-6-14(17)7-9-15/h2-9,18H,10-12H2,1H3. The first-order chi connectivity index (χ1) is 9.79. The number of methoxy groups -OCH3 is 1. The first-order valence-electron chi connectivity index (χ1n) is 6.48. The van der Waals surface area contributed by atoms with Crippen molar-refractivity contribution in [1.29, 1.82) is 0 Å². The number of para-hydroxylation sites is 1. The predicted octanol–water partition coefficient (Wildman–Crippen LogP) is 4.09. The van der Waals surface area contributed by atoms with Gasteiger partial charge < -0.3 is 14.8 Å². The fourth-order valence-corrected chi connectivity index (χ4v) is 2.12. The molecule has 0 amide bonds. The molecule has 0 radical (unpaired) electrons.